The minimum Gasteiger partial charge on any atom is -0.326 e. The zero-order valence-corrected chi connectivity index (χ0v) is 16.3. The molecule has 0 aliphatic heterocycles. The summed E-state index contributed by atoms with van der Waals surface area (Å²) in [5.74, 6) is 0.0838. The molecule has 1 aromatic heterocycles. The molecule has 3 aromatic rings. The molecule has 0 atom stereocenters. The summed E-state index contributed by atoms with van der Waals surface area (Å²) in [6.07, 6.45) is 0. The van der Waals surface area contributed by atoms with Gasteiger partial charge in [0, 0.05) is 29.2 Å². The maximum atomic E-state index is 12.4. The Bertz CT molecular complexity index is 944. The summed E-state index contributed by atoms with van der Waals surface area (Å²) >= 11 is 1.45. The predicted molar refractivity (Wildman–Crippen MR) is 110 cm³/mol. The summed E-state index contributed by atoms with van der Waals surface area (Å²) in [6.45, 7) is 5.76. The number of carbonyl (C=O) groups is 2. The molecular formula is C21H21N3O2S. The lowest BCUT2D eigenvalue weighted by atomic mass is 10.0. The van der Waals surface area contributed by atoms with Crippen LogP contribution in [-0.4, -0.2) is 16.8 Å². The Morgan fingerprint density at radius 3 is 2.07 bits per heavy atom. The van der Waals surface area contributed by atoms with Crippen molar-refractivity contribution in [2.24, 2.45) is 0 Å². The van der Waals surface area contributed by atoms with Crippen LogP contribution in [0.25, 0.3) is 10.6 Å². The predicted octanol–water partition coefficient (Wildman–Crippen LogP) is 5.14. The van der Waals surface area contributed by atoms with Gasteiger partial charge in [0.1, 0.15) is 10.7 Å². The van der Waals surface area contributed by atoms with Crippen LogP contribution in [0.4, 0.5) is 11.4 Å². The van der Waals surface area contributed by atoms with Crippen molar-refractivity contribution in [3.63, 3.8) is 0 Å². The van der Waals surface area contributed by atoms with Gasteiger partial charge < -0.3 is 10.6 Å². The fraction of sp³-hybridized carbons (Fsp3) is 0.190. The van der Waals surface area contributed by atoms with Crippen molar-refractivity contribution >= 4 is 34.5 Å². The zero-order chi connectivity index (χ0) is 19.4. The van der Waals surface area contributed by atoms with Crippen LogP contribution in [0.1, 0.15) is 42.7 Å². The molecule has 6 heteroatoms. The summed E-state index contributed by atoms with van der Waals surface area (Å²) in [6, 6.07) is 15.2. The van der Waals surface area contributed by atoms with Crippen molar-refractivity contribution < 1.29 is 9.59 Å². The van der Waals surface area contributed by atoms with Gasteiger partial charge in [-0.3, -0.25) is 9.59 Å². The number of hydrogen-bond donors (Lipinski definition) is 2. The maximum absolute atomic E-state index is 12.4. The van der Waals surface area contributed by atoms with E-state index in [0.29, 0.717) is 23.0 Å². The van der Waals surface area contributed by atoms with Gasteiger partial charge >= 0.3 is 0 Å². The average molecular weight is 379 g/mol. The molecule has 2 amide bonds. The number of nitrogens with zero attached hydrogens (tertiary/aromatic N) is 1. The second-order valence-corrected chi connectivity index (χ2v) is 7.39. The third-order valence-electron chi connectivity index (χ3n) is 4.02. The van der Waals surface area contributed by atoms with E-state index in [0.717, 1.165) is 10.6 Å². The van der Waals surface area contributed by atoms with E-state index in [1.54, 1.807) is 29.6 Å². The average Bonchev–Trinajstić information content (AvgIpc) is 3.13. The quantitative estimate of drug-likeness (QED) is 0.644. The van der Waals surface area contributed by atoms with Crippen molar-refractivity contribution in [2.75, 3.05) is 10.6 Å². The minimum absolute atomic E-state index is 0.136. The van der Waals surface area contributed by atoms with Crippen LogP contribution in [-0.2, 0) is 4.79 Å². The molecule has 0 aliphatic carbocycles. The molecule has 5 nitrogen and oxygen atoms in total. The summed E-state index contributed by atoms with van der Waals surface area (Å²) in [5.41, 5.74) is 3.99. The van der Waals surface area contributed by atoms with Gasteiger partial charge in [0.15, 0.2) is 0 Å². The minimum atomic E-state index is -0.261. The van der Waals surface area contributed by atoms with E-state index >= 15 is 0 Å². The molecule has 0 saturated heterocycles. The largest absolute Gasteiger partial charge is 0.326 e. The molecule has 0 saturated carbocycles. The van der Waals surface area contributed by atoms with Gasteiger partial charge in [-0.2, -0.15) is 0 Å². The van der Waals surface area contributed by atoms with E-state index in [4.69, 9.17) is 0 Å². The van der Waals surface area contributed by atoms with Gasteiger partial charge in [-0.25, -0.2) is 4.98 Å². The summed E-state index contributed by atoms with van der Waals surface area (Å²) < 4.78 is 0. The highest BCUT2D eigenvalue weighted by molar-refractivity contribution is 7.13. The first-order chi connectivity index (χ1) is 12.9. The van der Waals surface area contributed by atoms with Gasteiger partial charge in [-0.15, -0.1) is 11.3 Å². The second-order valence-electron chi connectivity index (χ2n) is 6.53. The van der Waals surface area contributed by atoms with E-state index in [1.807, 2.05) is 12.1 Å². The van der Waals surface area contributed by atoms with Gasteiger partial charge in [-0.05, 0) is 35.7 Å². The number of amides is 2. The Morgan fingerprint density at radius 2 is 1.52 bits per heavy atom. The second kappa shape index (κ2) is 8.14. The number of anilines is 2. The third-order valence-corrected chi connectivity index (χ3v) is 4.92. The topological polar surface area (TPSA) is 71.1 Å². The number of nitrogens with one attached hydrogen (secondary N) is 2. The Kier molecular flexibility index (Phi) is 5.66. The van der Waals surface area contributed by atoms with Crippen molar-refractivity contribution in [1.29, 1.82) is 0 Å². The van der Waals surface area contributed by atoms with E-state index in [9.17, 15) is 9.59 Å². The van der Waals surface area contributed by atoms with Crippen molar-refractivity contribution in [2.45, 2.75) is 26.7 Å². The molecule has 2 N–H and O–H groups in total. The SMILES string of the molecule is CC(=O)Nc1ccc(NC(=O)c2csc(-c3ccc(C(C)C)cc3)n2)cc1. The molecule has 0 spiro atoms. The zero-order valence-electron chi connectivity index (χ0n) is 15.4. The first-order valence-electron chi connectivity index (χ1n) is 8.67. The van der Waals surface area contributed by atoms with Gasteiger partial charge in [0.25, 0.3) is 5.91 Å². The molecule has 2 aromatic carbocycles. The Labute approximate surface area is 162 Å². The molecular weight excluding hydrogens is 358 g/mol. The molecule has 0 fully saturated rings. The van der Waals surface area contributed by atoms with Crippen molar-refractivity contribution in [1.82, 2.24) is 4.98 Å². The normalized spacial score (nSPS) is 10.7. The van der Waals surface area contributed by atoms with Crippen LogP contribution in [0.2, 0.25) is 0 Å². The highest BCUT2D eigenvalue weighted by atomic mass is 32.1. The molecule has 3 rings (SSSR count). The lowest BCUT2D eigenvalue weighted by Gasteiger charge is -2.06. The summed E-state index contributed by atoms with van der Waals surface area (Å²) in [4.78, 5) is 27.9. The Morgan fingerprint density at radius 1 is 0.926 bits per heavy atom. The number of rotatable bonds is 5. The van der Waals surface area contributed by atoms with Crippen LogP contribution in [0.15, 0.2) is 53.9 Å². The van der Waals surface area contributed by atoms with Crippen molar-refractivity contribution in [3.05, 3.63) is 65.2 Å². The third kappa shape index (κ3) is 4.80. The molecule has 27 heavy (non-hydrogen) atoms. The van der Waals surface area contributed by atoms with Crippen LogP contribution in [0.5, 0.6) is 0 Å². The Hall–Kier alpha value is -2.99. The molecule has 0 unspecified atom stereocenters. The lowest BCUT2D eigenvalue weighted by molar-refractivity contribution is -0.114. The van der Waals surface area contributed by atoms with Crippen molar-refractivity contribution in [3.8, 4) is 10.6 Å². The van der Waals surface area contributed by atoms with Gasteiger partial charge in [0.05, 0.1) is 0 Å². The molecule has 1 heterocycles. The fourth-order valence-corrected chi connectivity index (χ4v) is 3.36. The molecule has 138 valence electrons. The fourth-order valence-electron chi connectivity index (χ4n) is 2.56. The number of aromatic nitrogens is 1. The van der Waals surface area contributed by atoms with E-state index in [2.05, 4.69) is 41.6 Å². The van der Waals surface area contributed by atoms with Gasteiger partial charge in [-0.1, -0.05) is 38.1 Å². The van der Waals surface area contributed by atoms with E-state index in [-0.39, 0.29) is 11.8 Å². The maximum Gasteiger partial charge on any atom is 0.275 e. The first kappa shape index (κ1) is 18.8. The monoisotopic (exact) mass is 379 g/mol. The van der Waals surface area contributed by atoms with Crippen LogP contribution in [0, 0.1) is 0 Å². The highest BCUT2D eigenvalue weighted by Crippen LogP contribution is 2.26. The highest BCUT2D eigenvalue weighted by Gasteiger charge is 2.12. The van der Waals surface area contributed by atoms with E-state index in [1.165, 1.54) is 23.8 Å². The first-order valence-corrected chi connectivity index (χ1v) is 9.55. The van der Waals surface area contributed by atoms with Crippen LogP contribution < -0.4 is 10.6 Å². The van der Waals surface area contributed by atoms with Gasteiger partial charge in [0.2, 0.25) is 5.91 Å². The summed E-state index contributed by atoms with van der Waals surface area (Å²) in [5, 5.41) is 8.08. The van der Waals surface area contributed by atoms with Crippen LogP contribution >= 0.6 is 11.3 Å². The number of hydrogen-bond acceptors (Lipinski definition) is 4. The van der Waals surface area contributed by atoms with E-state index < -0.39 is 0 Å². The number of carbonyl (C=O) groups excluding carboxylic acids is 2. The summed E-state index contributed by atoms with van der Waals surface area (Å²) in [7, 11) is 0. The Balaban J connectivity index is 1.68. The standard InChI is InChI=1S/C21H21N3O2S/c1-13(2)15-4-6-16(7-5-15)21-24-19(12-27-21)20(26)23-18-10-8-17(9-11-18)22-14(3)25/h4-13H,1-3H3,(H,22,25)(H,23,26). The van der Waals surface area contributed by atoms with Crippen LogP contribution in [0.3, 0.4) is 0 Å². The molecule has 0 radical (unpaired) electrons. The number of thiazole rings is 1. The number of benzene rings is 2. The molecule has 0 aliphatic rings. The lowest BCUT2D eigenvalue weighted by Crippen LogP contribution is -2.12. The smallest absolute Gasteiger partial charge is 0.275 e. The molecule has 0 bridgehead atoms.